The normalized spacial score (nSPS) is 14.6. The number of hydrogen-bond acceptors (Lipinski definition) is 8. The minimum Gasteiger partial charge on any atom is -0.420 e. The SMILES string of the molecule is O=C(Oc1cccc(Nc2ncnc3cc(-c4ccc(CN5CCCC5)s4)sc23)c1)C(F)(F)F. The molecular weight excluding hydrogens is 485 g/mol. The second kappa shape index (κ2) is 9.32. The molecule has 0 bridgehead atoms. The first kappa shape index (κ1) is 22.8. The van der Waals surface area contributed by atoms with Gasteiger partial charge in [-0.15, -0.1) is 22.7 Å². The lowest BCUT2D eigenvalue weighted by Crippen LogP contribution is -2.27. The first-order chi connectivity index (χ1) is 16.3. The molecule has 1 aliphatic heterocycles. The van der Waals surface area contributed by atoms with Crippen molar-refractivity contribution < 1.29 is 22.7 Å². The van der Waals surface area contributed by atoms with Gasteiger partial charge >= 0.3 is 12.1 Å². The number of nitrogens with zero attached hydrogens (tertiary/aromatic N) is 3. The zero-order valence-corrected chi connectivity index (χ0v) is 19.4. The van der Waals surface area contributed by atoms with E-state index in [1.807, 2.05) is 6.07 Å². The van der Waals surface area contributed by atoms with Crippen LogP contribution in [0, 0.1) is 0 Å². The van der Waals surface area contributed by atoms with Gasteiger partial charge in [0.1, 0.15) is 12.1 Å². The van der Waals surface area contributed by atoms with Crippen molar-refractivity contribution in [3.8, 4) is 15.5 Å². The average Bonchev–Trinajstić information content (AvgIpc) is 3.55. The molecule has 0 spiro atoms. The maximum Gasteiger partial charge on any atom is 0.491 e. The number of thiophene rings is 2. The van der Waals surface area contributed by atoms with Crippen LogP contribution in [0.5, 0.6) is 5.75 Å². The van der Waals surface area contributed by atoms with Gasteiger partial charge in [0.15, 0.2) is 5.82 Å². The first-order valence-electron chi connectivity index (χ1n) is 10.6. The molecule has 0 atom stereocenters. The maximum atomic E-state index is 12.5. The van der Waals surface area contributed by atoms with E-state index in [2.05, 4.69) is 37.1 Å². The van der Waals surface area contributed by atoms with Crippen molar-refractivity contribution in [1.82, 2.24) is 14.9 Å². The highest BCUT2D eigenvalue weighted by atomic mass is 32.1. The Morgan fingerprint density at radius 1 is 1.06 bits per heavy atom. The number of halogens is 3. The molecule has 0 radical (unpaired) electrons. The highest BCUT2D eigenvalue weighted by Gasteiger charge is 2.41. The molecule has 1 aliphatic rings. The average molecular weight is 505 g/mol. The molecule has 11 heteroatoms. The summed E-state index contributed by atoms with van der Waals surface area (Å²) in [7, 11) is 0. The zero-order valence-electron chi connectivity index (χ0n) is 17.8. The Balaban J connectivity index is 1.36. The molecular formula is C23H19F3N4O2S2. The monoisotopic (exact) mass is 504 g/mol. The summed E-state index contributed by atoms with van der Waals surface area (Å²) in [5.41, 5.74) is 1.21. The lowest BCUT2D eigenvalue weighted by atomic mass is 10.3. The molecule has 4 aromatic rings. The predicted octanol–water partition coefficient (Wildman–Crippen LogP) is 6.23. The Hall–Kier alpha value is -3.02. The Labute approximate surface area is 201 Å². The van der Waals surface area contributed by atoms with Gasteiger partial charge in [0.2, 0.25) is 0 Å². The largest absolute Gasteiger partial charge is 0.491 e. The summed E-state index contributed by atoms with van der Waals surface area (Å²) in [4.78, 5) is 25.8. The summed E-state index contributed by atoms with van der Waals surface area (Å²) in [6, 6.07) is 12.0. The number of fused-ring (bicyclic) bond motifs is 1. The summed E-state index contributed by atoms with van der Waals surface area (Å²) < 4.78 is 42.7. The van der Waals surface area contributed by atoms with Gasteiger partial charge in [-0.2, -0.15) is 13.2 Å². The van der Waals surface area contributed by atoms with E-state index >= 15 is 0 Å². The lowest BCUT2D eigenvalue weighted by Gasteiger charge is -2.12. The number of aromatic nitrogens is 2. The predicted molar refractivity (Wildman–Crippen MR) is 127 cm³/mol. The fourth-order valence-electron chi connectivity index (χ4n) is 3.76. The summed E-state index contributed by atoms with van der Waals surface area (Å²) in [5.74, 6) is -1.96. The van der Waals surface area contributed by atoms with Crippen molar-refractivity contribution in [1.29, 1.82) is 0 Å². The highest BCUT2D eigenvalue weighted by molar-refractivity contribution is 7.26. The van der Waals surface area contributed by atoms with E-state index in [0.29, 0.717) is 11.5 Å². The van der Waals surface area contributed by atoms with E-state index in [9.17, 15) is 18.0 Å². The number of likely N-dealkylation sites (tertiary alicyclic amines) is 1. The van der Waals surface area contributed by atoms with Crippen LogP contribution >= 0.6 is 22.7 Å². The second-order valence-electron chi connectivity index (χ2n) is 7.84. The van der Waals surface area contributed by atoms with Gasteiger partial charge in [-0.1, -0.05) is 6.07 Å². The van der Waals surface area contributed by atoms with E-state index in [1.165, 1.54) is 42.2 Å². The molecule has 1 saturated heterocycles. The number of hydrogen-bond donors (Lipinski definition) is 1. The number of rotatable bonds is 6. The molecule has 6 nitrogen and oxygen atoms in total. The number of nitrogens with one attached hydrogen (secondary N) is 1. The van der Waals surface area contributed by atoms with Crippen molar-refractivity contribution in [2.75, 3.05) is 18.4 Å². The molecule has 0 unspecified atom stereocenters. The zero-order chi connectivity index (χ0) is 23.7. The minimum absolute atomic E-state index is 0.214. The van der Waals surface area contributed by atoms with Crippen molar-refractivity contribution in [2.45, 2.75) is 25.6 Å². The number of carbonyl (C=O) groups is 1. The van der Waals surface area contributed by atoms with E-state index in [4.69, 9.17) is 0 Å². The molecule has 5 rings (SSSR count). The topological polar surface area (TPSA) is 67.3 Å². The van der Waals surface area contributed by atoms with Crippen LogP contribution in [-0.4, -0.2) is 40.1 Å². The molecule has 176 valence electrons. The Morgan fingerprint density at radius 2 is 1.88 bits per heavy atom. The molecule has 1 fully saturated rings. The number of ether oxygens (including phenoxy) is 1. The number of anilines is 2. The summed E-state index contributed by atoms with van der Waals surface area (Å²) in [6.07, 6.45) is -1.11. The van der Waals surface area contributed by atoms with Gasteiger partial charge in [0, 0.05) is 32.9 Å². The van der Waals surface area contributed by atoms with Gasteiger partial charge in [-0.05, 0) is 56.3 Å². The summed E-state index contributed by atoms with van der Waals surface area (Å²) in [6.45, 7) is 3.27. The standard InChI is InChI=1S/C23H19F3N4O2S2/c24-23(25,26)22(31)32-15-5-3-4-14(10-15)29-21-20-17(27-13-28-21)11-19(34-20)18-7-6-16(33-18)12-30-8-1-2-9-30/h3-7,10-11,13H,1-2,8-9,12H2,(H,27,28,29). The van der Waals surface area contributed by atoms with Crippen LogP contribution in [0.2, 0.25) is 0 Å². The van der Waals surface area contributed by atoms with E-state index < -0.39 is 12.1 Å². The number of alkyl halides is 3. The third-order valence-electron chi connectivity index (χ3n) is 5.33. The van der Waals surface area contributed by atoms with E-state index in [1.54, 1.807) is 28.7 Å². The second-order valence-corrected chi connectivity index (χ2v) is 10.1. The Kier molecular flexibility index (Phi) is 6.24. The van der Waals surface area contributed by atoms with Crippen LogP contribution in [0.1, 0.15) is 17.7 Å². The molecule has 3 aromatic heterocycles. The third-order valence-corrected chi connectivity index (χ3v) is 7.73. The van der Waals surface area contributed by atoms with Crippen molar-refractivity contribution in [3.05, 3.63) is 53.7 Å². The van der Waals surface area contributed by atoms with Crippen molar-refractivity contribution in [3.63, 3.8) is 0 Å². The number of carbonyl (C=O) groups excluding carboxylic acids is 1. The quantitative estimate of drug-likeness (QED) is 0.248. The summed E-state index contributed by atoms with van der Waals surface area (Å²) in [5, 5.41) is 3.10. The Morgan fingerprint density at radius 3 is 2.68 bits per heavy atom. The minimum atomic E-state index is -5.06. The van der Waals surface area contributed by atoms with Crippen LogP contribution < -0.4 is 10.1 Å². The van der Waals surface area contributed by atoms with Gasteiger partial charge in [0.25, 0.3) is 0 Å². The highest BCUT2D eigenvalue weighted by Crippen LogP contribution is 2.39. The maximum absolute atomic E-state index is 12.5. The smallest absolute Gasteiger partial charge is 0.420 e. The van der Waals surface area contributed by atoms with Gasteiger partial charge in [-0.25, -0.2) is 14.8 Å². The third kappa shape index (κ3) is 5.06. The van der Waals surface area contributed by atoms with Crippen molar-refractivity contribution >= 4 is 50.4 Å². The molecule has 0 aliphatic carbocycles. The van der Waals surface area contributed by atoms with Gasteiger partial charge in [0.05, 0.1) is 10.2 Å². The number of benzene rings is 1. The van der Waals surface area contributed by atoms with Crippen LogP contribution in [0.25, 0.3) is 20.0 Å². The molecule has 34 heavy (non-hydrogen) atoms. The fraction of sp³-hybridized carbons (Fsp3) is 0.261. The van der Waals surface area contributed by atoms with Crippen LogP contribution in [0.3, 0.4) is 0 Å². The summed E-state index contributed by atoms with van der Waals surface area (Å²) >= 11 is 3.31. The lowest BCUT2D eigenvalue weighted by molar-refractivity contribution is -0.189. The fourth-order valence-corrected chi connectivity index (χ4v) is 5.95. The molecule has 0 saturated carbocycles. The van der Waals surface area contributed by atoms with E-state index in [-0.39, 0.29) is 5.75 Å². The molecule has 1 aromatic carbocycles. The number of esters is 1. The first-order valence-corrected chi connectivity index (χ1v) is 12.2. The van der Waals surface area contributed by atoms with Crippen LogP contribution in [-0.2, 0) is 11.3 Å². The Bertz CT molecular complexity index is 1330. The molecule has 4 heterocycles. The van der Waals surface area contributed by atoms with Gasteiger partial charge in [-0.3, -0.25) is 4.90 Å². The van der Waals surface area contributed by atoms with Gasteiger partial charge < -0.3 is 10.1 Å². The van der Waals surface area contributed by atoms with Crippen LogP contribution in [0.15, 0.2) is 48.8 Å². The van der Waals surface area contributed by atoms with E-state index in [0.717, 1.165) is 39.6 Å². The van der Waals surface area contributed by atoms with Crippen molar-refractivity contribution in [2.24, 2.45) is 0 Å². The molecule has 1 N–H and O–H groups in total. The molecule has 0 amide bonds. The van der Waals surface area contributed by atoms with Crippen LogP contribution in [0.4, 0.5) is 24.7 Å².